The van der Waals surface area contributed by atoms with Gasteiger partial charge >= 0.3 is 0 Å². The molecule has 2 aliphatic heterocycles. The quantitative estimate of drug-likeness (QED) is 0.902. The third-order valence-electron chi connectivity index (χ3n) is 4.78. The van der Waals surface area contributed by atoms with Crippen LogP contribution in [0.1, 0.15) is 12.0 Å². The molecule has 1 saturated heterocycles. The van der Waals surface area contributed by atoms with Gasteiger partial charge in [0.05, 0.1) is 5.92 Å². The van der Waals surface area contributed by atoms with E-state index in [4.69, 9.17) is 9.47 Å². The topological polar surface area (TPSA) is 67.9 Å². The molecular formula is C20H19FN2O4. The largest absolute Gasteiger partial charge is 0.486 e. The highest BCUT2D eigenvalue weighted by molar-refractivity contribution is 6.03. The van der Waals surface area contributed by atoms with Gasteiger partial charge in [0.25, 0.3) is 0 Å². The standard InChI is InChI=1S/C20H19FN2O4/c1-12-8-14(21)2-4-16(12)22-20(25)13-9-19(24)23(11-13)15-3-5-17-18(10-15)27-7-6-26-17/h2-5,8,10,13H,6-7,9,11H2,1H3,(H,22,25)/t13-/m1/s1. The van der Waals surface area contributed by atoms with Gasteiger partial charge in [-0.05, 0) is 42.8 Å². The van der Waals surface area contributed by atoms with E-state index >= 15 is 0 Å². The van der Waals surface area contributed by atoms with E-state index in [9.17, 15) is 14.0 Å². The van der Waals surface area contributed by atoms with Crippen LogP contribution in [0.5, 0.6) is 11.5 Å². The number of carbonyl (C=O) groups excluding carboxylic acids is 2. The van der Waals surface area contributed by atoms with Crippen molar-refractivity contribution < 1.29 is 23.5 Å². The molecule has 2 amide bonds. The number of nitrogens with one attached hydrogen (secondary N) is 1. The maximum Gasteiger partial charge on any atom is 0.229 e. The van der Waals surface area contributed by atoms with E-state index in [0.29, 0.717) is 41.7 Å². The summed E-state index contributed by atoms with van der Waals surface area (Å²) in [5, 5.41) is 2.79. The average molecular weight is 370 g/mol. The Kier molecular flexibility index (Phi) is 4.43. The summed E-state index contributed by atoms with van der Waals surface area (Å²) in [6, 6.07) is 9.50. The van der Waals surface area contributed by atoms with Gasteiger partial charge in [-0.2, -0.15) is 0 Å². The second-order valence-electron chi connectivity index (χ2n) is 6.68. The summed E-state index contributed by atoms with van der Waals surface area (Å²) < 4.78 is 24.3. The normalized spacial score (nSPS) is 18.5. The van der Waals surface area contributed by atoms with E-state index < -0.39 is 5.92 Å². The molecule has 4 rings (SSSR count). The number of hydrogen-bond donors (Lipinski definition) is 1. The van der Waals surface area contributed by atoms with E-state index in [1.54, 1.807) is 30.0 Å². The molecule has 7 heteroatoms. The van der Waals surface area contributed by atoms with E-state index in [1.165, 1.54) is 18.2 Å². The van der Waals surface area contributed by atoms with Gasteiger partial charge in [-0.3, -0.25) is 9.59 Å². The minimum absolute atomic E-state index is 0.123. The first-order valence-electron chi connectivity index (χ1n) is 8.78. The lowest BCUT2D eigenvalue weighted by Crippen LogP contribution is -2.28. The van der Waals surface area contributed by atoms with E-state index in [-0.39, 0.29) is 30.6 Å². The fourth-order valence-electron chi connectivity index (χ4n) is 3.33. The molecule has 2 aromatic carbocycles. The molecule has 1 fully saturated rings. The lowest BCUT2D eigenvalue weighted by atomic mass is 10.1. The van der Waals surface area contributed by atoms with Crippen LogP contribution < -0.4 is 19.7 Å². The molecule has 2 aromatic rings. The molecule has 2 aliphatic rings. The molecule has 0 bridgehead atoms. The molecule has 0 aromatic heterocycles. The maximum atomic E-state index is 13.2. The summed E-state index contributed by atoms with van der Waals surface area (Å²) >= 11 is 0. The zero-order chi connectivity index (χ0) is 19.0. The van der Waals surface area contributed by atoms with E-state index in [0.717, 1.165) is 0 Å². The number of anilines is 2. The third-order valence-corrected chi connectivity index (χ3v) is 4.78. The van der Waals surface area contributed by atoms with Crippen LogP contribution in [0.25, 0.3) is 0 Å². The van der Waals surface area contributed by atoms with Gasteiger partial charge < -0.3 is 19.7 Å². The first kappa shape index (κ1) is 17.3. The van der Waals surface area contributed by atoms with Crippen molar-refractivity contribution in [2.75, 3.05) is 30.0 Å². The van der Waals surface area contributed by atoms with Crippen molar-refractivity contribution in [1.29, 1.82) is 0 Å². The van der Waals surface area contributed by atoms with Crippen molar-refractivity contribution in [2.45, 2.75) is 13.3 Å². The first-order valence-corrected chi connectivity index (χ1v) is 8.78. The molecular weight excluding hydrogens is 351 g/mol. The number of carbonyl (C=O) groups is 2. The molecule has 1 atom stereocenters. The monoisotopic (exact) mass is 370 g/mol. The summed E-state index contributed by atoms with van der Waals surface area (Å²) in [6.45, 7) is 2.97. The van der Waals surface area contributed by atoms with Gasteiger partial charge in [0.15, 0.2) is 11.5 Å². The van der Waals surface area contributed by atoms with E-state index in [2.05, 4.69) is 5.32 Å². The lowest BCUT2D eigenvalue weighted by Gasteiger charge is -2.22. The van der Waals surface area contributed by atoms with Gasteiger partial charge in [-0.15, -0.1) is 0 Å². The molecule has 27 heavy (non-hydrogen) atoms. The smallest absolute Gasteiger partial charge is 0.229 e. The van der Waals surface area contributed by atoms with Crippen molar-refractivity contribution >= 4 is 23.2 Å². The van der Waals surface area contributed by atoms with Crippen molar-refractivity contribution in [2.24, 2.45) is 5.92 Å². The van der Waals surface area contributed by atoms with Crippen LogP contribution in [0.15, 0.2) is 36.4 Å². The number of nitrogens with zero attached hydrogens (tertiary/aromatic N) is 1. The SMILES string of the molecule is Cc1cc(F)ccc1NC(=O)[C@@H]1CC(=O)N(c2ccc3c(c2)OCCO3)C1. The summed E-state index contributed by atoms with van der Waals surface area (Å²) in [6.07, 6.45) is 0.126. The number of rotatable bonds is 3. The number of benzene rings is 2. The first-order chi connectivity index (χ1) is 13.0. The summed E-state index contributed by atoms with van der Waals surface area (Å²) in [5.41, 5.74) is 1.86. The zero-order valence-electron chi connectivity index (χ0n) is 14.8. The fourth-order valence-corrected chi connectivity index (χ4v) is 3.33. The van der Waals surface area contributed by atoms with Gasteiger partial charge in [-0.25, -0.2) is 4.39 Å². The number of amides is 2. The Morgan fingerprint density at radius 3 is 2.70 bits per heavy atom. The van der Waals surface area contributed by atoms with E-state index in [1.807, 2.05) is 0 Å². The van der Waals surface area contributed by atoms with Gasteiger partial charge in [-0.1, -0.05) is 0 Å². The molecule has 2 heterocycles. The number of halogens is 1. The van der Waals surface area contributed by atoms with Crippen LogP contribution in [-0.2, 0) is 9.59 Å². The van der Waals surface area contributed by atoms with Crippen LogP contribution >= 0.6 is 0 Å². The molecule has 0 radical (unpaired) electrons. The highest BCUT2D eigenvalue weighted by Crippen LogP contribution is 2.36. The Balaban J connectivity index is 1.48. The van der Waals surface area contributed by atoms with Gasteiger partial charge in [0, 0.05) is 30.4 Å². The number of aryl methyl sites for hydroxylation is 1. The Bertz CT molecular complexity index is 915. The van der Waals surface area contributed by atoms with Gasteiger partial charge in [0.2, 0.25) is 11.8 Å². The molecule has 0 unspecified atom stereocenters. The predicted molar refractivity (Wildman–Crippen MR) is 97.7 cm³/mol. The fraction of sp³-hybridized carbons (Fsp3) is 0.300. The minimum Gasteiger partial charge on any atom is -0.486 e. The summed E-state index contributed by atoms with van der Waals surface area (Å²) in [4.78, 5) is 26.6. The minimum atomic E-state index is -0.477. The second-order valence-corrected chi connectivity index (χ2v) is 6.68. The molecule has 140 valence electrons. The number of hydrogen-bond acceptors (Lipinski definition) is 4. The Labute approximate surface area is 155 Å². The average Bonchev–Trinajstić information content (AvgIpc) is 3.05. The van der Waals surface area contributed by atoms with Crippen LogP contribution in [0.3, 0.4) is 0 Å². The highest BCUT2D eigenvalue weighted by Gasteiger charge is 2.35. The van der Waals surface area contributed by atoms with Crippen LogP contribution in [0.2, 0.25) is 0 Å². The Hall–Kier alpha value is -3.09. The molecule has 6 nitrogen and oxygen atoms in total. The van der Waals surface area contributed by atoms with Crippen LogP contribution in [-0.4, -0.2) is 31.6 Å². The molecule has 0 saturated carbocycles. The zero-order valence-corrected chi connectivity index (χ0v) is 14.8. The molecule has 0 aliphatic carbocycles. The van der Waals surface area contributed by atoms with Crippen molar-refractivity contribution in [1.82, 2.24) is 0 Å². The van der Waals surface area contributed by atoms with Crippen molar-refractivity contribution in [3.05, 3.63) is 47.8 Å². The molecule has 1 N–H and O–H groups in total. The second kappa shape index (κ2) is 6.90. The maximum absolute atomic E-state index is 13.2. The third kappa shape index (κ3) is 3.45. The number of ether oxygens (including phenoxy) is 2. The predicted octanol–water partition coefficient (Wildman–Crippen LogP) is 2.90. The Morgan fingerprint density at radius 1 is 1.15 bits per heavy atom. The molecule has 0 spiro atoms. The van der Waals surface area contributed by atoms with Crippen LogP contribution in [0.4, 0.5) is 15.8 Å². The highest BCUT2D eigenvalue weighted by atomic mass is 19.1. The lowest BCUT2D eigenvalue weighted by molar-refractivity contribution is -0.122. The van der Waals surface area contributed by atoms with Crippen LogP contribution in [0, 0.1) is 18.7 Å². The number of fused-ring (bicyclic) bond motifs is 1. The van der Waals surface area contributed by atoms with Crippen molar-refractivity contribution in [3.8, 4) is 11.5 Å². The van der Waals surface area contributed by atoms with Crippen molar-refractivity contribution in [3.63, 3.8) is 0 Å². The summed E-state index contributed by atoms with van der Waals surface area (Å²) in [5.74, 6) is 0.0429. The summed E-state index contributed by atoms with van der Waals surface area (Å²) in [7, 11) is 0. The van der Waals surface area contributed by atoms with Gasteiger partial charge in [0.1, 0.15) is 19.0 Å². The Morgan fingerprint density at radius 2 is 1.93 bits per heavy atom.